The molecule has 3 nitrogen and oxygen atoms in total. The van der Waals surface area contributed by atoms with Gasteiger partial charge in [-0.15, -0.1) is 0 Å². The average molecular weight is 276 g/mol. The topological polar surface area (TPSA) is 55.1 Å². The van der Waals surface area contributed by atoms with Gasteiger partial charge in [0.25, 0.3) is 0 Å². The molecule has 0 radical (unpaired) electrons. The normalized spacial score (nSPS) is 14.1. The van der Waals surface area contributed by atoms with Crippen molar-refractivity contribution in [3.8, 4) is 0 Å². The highest BCUT2D eigenvalue weighted by molar-refractivity contribution is 7.98. The first kappa shape index (κ1) is 16.7. The number of nitrogens with one attached hydrogen (secondary N) is 1. The summed E-state index contributed by atoms with van der Waals surface area (Å²) in [5.41, 5.74) is 4.92. The molecule has 0 saturated carbocycles. The molecule has 0 aromatic rings. The maximum absolute atomic E-state index is 11.9. The van der Waals surface area contributed by atoms with E-state index in [9.17, 15) is 4.79 Å². The number of thiocarbonyl (C=S) groups is 1. The summed E-state index contributed by atoms with van der Waals surface area (Å²) in [7, 11) is 0. The number of carbonyl (C=O) groups excluding carboxylic acids is 1. The van der Waals surface area contributed by atoms with Crippen LogP contribution in [0.1, 0.15) is 39.5 Å². The molecule has 0 rings (SSSR count). The Kier molecular flexibility index (Phi) is 8.60. The molecule has 0 spiro atoms. The second kappa shape index (κ2) is 8.75. The van der Waals surface area contributed by atoms with Crippen molar-refractivity contribution >= 4 is 34.9 Å². The van der Waals surface area contributed by atoms with Crippen molar-refractivity contribution in [3.63, 3.8) is 0 Å². The van der Waals surface area contributed by atoms with E-state index in [1.54, 1.807) is 6.92 Å². The van der Waals surface area contributed by atoms with Gasteiger partial charge in [0.05, 0.1) is 10.4 Å². The molecule has 0 bridgehead atoms. The third kappa shape index (κ3) is 5.73. The van der Waals surface area contributed by atoms with Crippen molar-refractivity contribution in [2.24, 2.45) is 11.1 Å². The van der Waals surface area contributed by atoms with Gasteiger partial charge in [-0.3, -0.25) is 4.79 Å². The maximum atomic E-state index is 11.9. The van der Waals surface area contributed by atoms with Crippen LogP contribution in [-0.2, 0) is 4.79 Å². The predicted octanol–water partition coefficient (Wildman–Crippen LogP) is 2.34. The monoisotopic (exact) mass is 276 g/mol. The Morgan fingerprint density at radius 1 is 1.41 bits per heavy atom. The molecule has 0 heterocycles. The molecule has 17 heavy (non-hydrogen) atoms. The predicted molar refractivity (Wildman–Crippen MR) is 80.4 cm³/mol. The minimum Gasteiger partial charge on any atom is -0.392 e. The van der Waals surface area contributed by atoms with E-state index in [4.69, 9.17) is 18.0 Å². The number of rotatable bonds is 9. The lowest BCUT2D eigenvalue weighted by molar-refractivity contribution is -0.126. The average Bonchev–Trinajstić information content (AvgIpc) is 2.31. The fourth-order valence-electron chi connectivity index (χ4n) is 1.39. The molecule has 0 aliphatic heterocycles. The van der Waals surface area contributed by atoms with Gasteiger partial charge < -0.3 is 11.1 Å². The van der Waals surface area contributed by atoms with Crippen molar-refractivity contribution in [1.82, 2.24) is 5.32 Å². The van der Waals surface area contributed by atoms with Gasteiger partial charge in [0.2, 0.25) is 5.91 Å². The third-order valence-electron chi connectivity index (χ3n) is 3.06. The summed E-state index contributed by atoms with van der Waals surface area (Å²) in [5.74, 6) is 1.14. The highest BCUT2D eigenvalue weighted by atomic mass is 32.2. The molecule has 3 N–H and O–H groups in total. The summed E-state index contributed by atoms with van der Waals surface area (Å²) in [6, 6.07) is 0. The molecule has 0 aliphatic carbocycles. The zero-order valence-corrected chi connectivity index (χ0v) is 12.7. The summed E-state index contributed by atoms with van der Waals surface area (Å²) in [6.45, 7) is 4.45. The van der Waals surface area contributed by atoms with E-state index in [1.165, 1.54) is 12.2 Å². The first-order valence-electron chi connectivity index (χ1n) is 6.06. The molecule has 0 aromatic carbocycles. The van der Waals surface area contributed by atoms with E-state index < -0.39 is 5.41 Å². The molecule has 1 atom stereocenters. The van der Waals surface area contributed by atoms with Crippen molar-refractivity contribution in [2.45, 2.75) is 39.5 Å². The quantitative estimate of drug-likeness (QED) is 0.501. The van der Waals surface area contributed by atoms with Crippen LogP contribution >= 0.6 is 24.0 Å². The molecule has 0 fully saturated rings. The lowest BCUT2D eigenvalue weighted by Crippen LogP contribution is -2.46. The number of hydrogen-bond donors (Lipinski definition) is 2. The second-order valence-corrected chi connectivity index (χ2v) is 5.78. The lowest BCUT2D eigenvalue weighted by Gasteiger charge is -2.25. The Bertz CT molecular complexity index is 259. The van der Waals surface area contributed by atoms with Crippen molar-refractivity contribution < 1.29 is 4.79 Å². The summed E-state index contributed by atoms with van der Waals surface area (Å²) in [4.78, 5) is 12.2. The van der Waals surface area contributed by atoms with Gasteiger partial charge in [0, 0.05) is 6.54 Å². The number of unbranched alkanes of at least 4 members (excludes halogenated alkanes) is 2. The largest absolute Gasteiger partial charge is 0.392 e. The first-order valence-corrected chi connectivity index (χ1v) is 7.86. The van der Waals surface area contributed by atoms with Crippen molar-refractivity contribution in [2.75, 3.05) is 18.6 Å². The van der Waals surface area contributed by atoms with E-state index >= 15 is 0 Å². The van der Waals surface area contributed by atoms with Gasteiger partial charge in [0.1, 0.15) is 0 Å². The maximum Gasteiger partial charge on any atom is 0.232 e. The van der Waals surface area contributed by atoms with Crippen LogP contribution in [-0.4, -0.2) is 29.4 Å². The Labute approximate surface area is 114 Å². The van der Waals surface area contributed by atoms with Crippen LogP contribution in [0, 0.1) is 5.41 Å². The van der Waals surface area contributed by atoms with E-state index in [1.807, 2.05) is 18.7 Å². The van der Waals surface area contributed by atoms with Gasteiger partial charge in [-0.05, 0) is 38.2 Å². The van der Waals surface area contributed by atoms with Gasteiger partial charge in [0.15, 0.2) is 0 Å². The van der Waals surface area contributed by atoms with Gasteiger partial charge in [-0.1, -0.05) is 25.6 Å². The molecule has 1 amide bonds. The van der Waals surface area contributed by atoms with Gasteiger partial charge in [-0.2, -0.15) is 11.8 Å². The third-order valence-corrected chi connectivity index (χ3v) is 4.21. The molecule has 0 aliphatic rings. The van der Waals surface area contributed by atoms with Gasteiger partial charge in [-0.25, -0.2) is 0 Å². The number of hydrogen-bond acceptors (Lipinski definition) is 3. The molecule has 1 unspecified atom stereocenters. The number of amides is 1. The fraction of sp³-hybridized carbons (Fsp3) is 0.833. The molecule has 5 heteroatoms. The zero-order valence-electron chi connectivity index (χ0n) is 11.0. The molecular formula is C12H24N2OS2. The van der Waals surface area contributed by atoms with Crippen molar-refractivity contribution in [3.05, 3.63) is 0 Å². The first-order chi connectivity index (χ1) is 7.99. The van der Waals surface area contributed by atoms with E-state index in [2.05, 4.69) is 11.6 Å². The lowest BCUT2D eigenvalue weighted by atomic mass is 9.86. The minimum atomic E-state index is -0.700. The van der Waals surface area contributed by atoms with Crippen LogP contribution in [0.4, 0.5) is 0 Å². The zero-order chi connectivity index (χ0) is 13.3. The van der Waals surface area contributed by atoms with Crippen LogP contribution in [0.5, 0.6) is 0 Å². The molecule has 100 valence electrons. The Balaban J connectivity index is 3.89. The number of carbonyl (C=O) groups is 1. The van der Waals surface area contributed by atoms with Crippen LogP contribution < -0.4 is 11.1 Å². The summed E-state index contributed by atoms with van der Waals surface area (Å²) in [6.07, 6.45) is 6.12. The van der Waals surface area contributed by atoms with E-state index in [0.29, 0.717) is 13.0 Å². The number of nitrogens with two attached hydrogens (primary N) is 1. The van der Waals surface area contributed by atoms with Gasteiger partial charge >= 0.3 is 0 Å². The van der Waals surface area contributed by atoms with Crippen LogP contribution in [0.2, 0.25) is 0 Å². The Morgan fingerprint density at radius 2 is 2.06 bits per heavy atom. The van der Waals surface area contributed by atoms with E-state index in [-0.39, 0.29) is 10.9 Å². The standard InChI is InChI=1S/C12H24N2OS2/c1-4-12(2,10(13)16)11(15)14-8-6-5-7-9-17-3/h4-9H2,1-3H3,(H2,13,16)(H,14,15). The SMILES string of the molecule is CCC(C)(C(=O)NCCCCCSC)C(N)=S. The van der Waals surface area contributed by atoms with E-state index in [0.717, 1.165) is 12.8 Å². The summed E-state index contributed by atoms with van der Waals surface area (Å²) in [5, 5.41) is 2.92. The highest BCUT2D eigenvalue weighted by Crippen LogP contribution is 2.21. The molecular weight excluding hydrogens is 252 g/mol. The Morgan fingerprint density at radius 3 is 2.53 bits per heavy atom. The van der Waals surface area contributed by atoms with Crippen molar-refractivity contribution in [1.29, 1.82) is 0 Å². The summed E-state index contributed by atoms with van der Waals surface area (Å²) < 4.78 is 0. The fourth-order valence-corrected chi connectivity index (χ4v) is 2.12. The smallest absolute Gasteiger partial charge is 0.232 e. The van der Waals surface area contributed by atoms with Crippen LogP contribution in [0.25, 0.3) is 0 Å². The summed E-state index contributed by atoms with van der Waals surface area (Å²) >= 11 is 6.81. The minimum absolute atomic E-state index is 0.0441. The number of thioether (sulfide) groups is 1. The Hall–Kier alpha value is -0.290. The highest BCUT2D eigenvalue weighted by Gasteiger charge is 2.33. The molecule has 0 saturated heterocycles. The van der Waals surface area contributed by atoms with Crippen LogP contribution in [0.3, 0.4) is 0 Å². The second-order valence-electron chi connectivity index (χ2n) is 4.36. The molecule has 0 aromatic heterocycles. The van der Waals surface area contributed by atoms with Crippen LogP contribution in [0.15, 0.2) is 0 Å².